The lowest BCUT2D eigenvalue weighted by molar-refractivity contribution is -0.143. The molecule has 1 N–H and O–H groups in total. The highest BCUT2D eigenvalue weighted by atomic mass is 35.5. The minimum atomic E-state index is -0.690. The first-order valence-electron chi connectivity index (χ1n) is 9.03. The number of carboxylic acids is 1. The van der Waals surface area contributed by atoms with Crippen LogP contribution in [0.15, 0.2) is 48.5 Å². The molecular formula is C21H24ClNO3. The van der Waals surface area contributed by atoms with Crippen molar-refractivity contribution in [2.45, 2.75) is 25.8 Å². The molecule has 0 saturated carbocycles. The van der Waals surface area contributed by atoms with Gasteiger partial charge in [-0.1, -0.05) is 35.9 Å². The van der Waals surface area contributed by atoms with Gasteiger partial charge in [-0.15, -0.1) is 0 Å². The van der Waals surface area contributed by atoms with Crippen LogP contribution >= 0.6 is 11.6 Å². The van der Waals surface area contributed by atoms with Gasteiger partial charge >= 0.3 is 5.97 Å². The summed E-state index contributed by atoms with van der Waals surface area (Å²) in [5, 5.41) is 9.97. The van der Waals surface area contributed by atoms with E-state index in [2.05, 4.69) is 23.1 Å². The predicted molar refractivity (Wildman–Crippen MR) is 103 cm³/mol. The second kappa shape index (κ2) is 8.56. The average molecular weight is 374 g/mol. The van der Waals surface area contributed by atoms with Gasteiger partial charge in [0.25, 0.3) is 0 Å². The van der Waals surface area contributed by atoms with Crippen LogP contribution in [-0.2, 0) is 4.79 Å². The Bertz CT molecular complexity index is 739. The Morgan fingerprint density at radius 2 is 1.88 bits per heavy atom. The monoisotopic (exact) mass is 373 g/mol. The van der Waals surface area contributed by atoms with Gasteiger partial charge in [0.05, 0.1) is 18.6 Å². The zero-order valence-electron chi connectivity index (χ0n) is 14.9. The van der Waals surface area contributed by atoms with E-state index in [1.165, 1.54) is 0 Å². The third-order valence-electron chi connectivity index (χ3n) is 4.92. The van der Waals surface area contributed by atoms with Crippen molar-refractivity contribution >= 4 is 17.6 Å². The molecule has 0 radical (unpaired) electrons. The number of hydrogen-bond donors (Lipinski definition) is 1. The number of piperidine rings is 1. The highest BCUT2D eigenvalue weighted by Gasteiger charge is 2.30. The van der Waals surface area contributed by atoms with Gasteiger partial charge < -0.3 is 9.84 Å². The van der Waals surface area contributed by atoms with E-state index in [1.54, 1.807) is 0 Å². The molecule has 1 aliphatic heterocycles. The van der Waals surface area contributed by atoms with Gasteiger partial charge in [-0.25, -0.2) is 0 Å². The van der Waals surface area contributed by atoms with E-state index in [0.717, 1.165) is 30.0 Å². The largest absolute Gasteiger partial charge is 0.494 e. The molecule has 3 rings (SSSR count). The molecule has 0 aromatic heterocycles. The van der Waals surface area contributed by atoms with E-state index in [0.29, 0.717) is 24.5 Å². The molecule has 0 aliphatic carbocycles. The maximum Gasteiger partial charge on any atom is 0.306 e. The van der Waals surface area contributed by atoms with E-state index >= 15 is 0 Å². The molecule has 2 aromatic carbocycles. The van der Waals surface area contributed by atoms with Crippen LogP contribution in [0.1, 0.15) is 36.9 Å². The number of rotatable bonds is 6. The molecule has 4 nitrogen and oxygen atoms in total. The van der Waals surface area contributed by atoms with Crippen molar-refractivity contribution in [1.82, 2.24) is 4.90 Å². The number of benzene rings is 2. The van der Waals surface area contributed by atoms with Gasteiger partial charge in [-0.2, -0.15) is 0 Å². The van der Waals surface area contributed by atoms with E-state index in [4.69, 9.17) is 16.3 Å². The van der Waals surface area contributed by atoms with Crippen LogP contribution in [0.5, 0.6) is 5.75 Å². The molecule has 5 heteroatoms. The summed E-state index contributed by atoms with van der Waals surface area (Å²) in [6.07, 6.45) is 1.34. The van der Waals surface area contributed by atoms with E-state index in [1.807, 2.05) is 37.3 Å². The number of carboxylic acid groups (broad SMARTS) is 1. The van der Waals surface area contributed by atoms with Crippen molar-refractivity contribution in [2.24, 2.45) is 5.92 Å². The number of ether oxygens (including phenoxy) is 1. The number of hydrogen-bond acceptors (Lipinski definition) is 3. The highest BCUT2D eigenvalue weighted by Crippen LogP contribution is 2.34. The van der Waals surface area contributed by atoms with Gasteiger partial charge in [0.1, 0.15) is 5.75 Å². The summed E-state index contributed by atoms with van der Waals surface area (Å²) < 4.78 is 5.55. The Morgan fingerprint density at radius 3 is 2.46 bits per heavy atom. The molecule has 138 valence electrons. The van der Waals surface area contributed by atoms with Crippen LogP contribution < -0.4 is 4.74 Å². The first-order valence-corrected chi connectivity index (χ1v) is 9.41. The normalized spacial score (nSPS) is 17.0. The lowest BCUT2D eigenvalue weighted by Gasteiger charge is -2.37. The summed E-state index contributed by atoms with van der Waals surface area (Å²) >= 11 is 6.23. The minimum Gasteiger partial charge on any atom is -0.494 e. The molecule has 1 unspecified atom stereocenters. The minimum absolute atomic E-state index is 0.0547. The molecule has 1 atom stereocenters. The van der Waals surface area contributed by atoms with Crippen LogP contribution in [0.3, 0.4) is 0 Å². The Kier molecular flexibility index (Phi) is 6.17. The summed E-state index contributed by atoms with van der Waals surface area (Å²) in [5.41, 5.74) is 2.28. The molecule has 1 heterocycles. The van der Waals surface area contributed by atoms with Crippen LogP contribution in [0, 0.1) is 5.92 Å². The molecule has 0 bridgehead atoms. The lowest BCUT2D eigenvalue weighted by Crippen LogP contribution is -2.39. The Labute approximate surface area is 159 Å². The standard InChI is InChI=1S/C21H24ClNO3/c1-2-26-19-8-6-15(7-9-19)20(17-4-3-5-18(22)14-17)23-12-10-16(11-13-23)21(24)25/h3-9,14,16,20H,2,10-13H2,1H3,(H,24,25). The van der Waals surface area contributed by atoms with Crippen molar-refractivity contribution in [3.05, 3.63) is 64.7 Å². The van der Waals surface area contributed by atoms with Gasteiger partial charge in [-0.3, -0.25) is 9.69 Å². The molecule has 0 amide bonds. The van der Waals surface area contributed by atoms with E-state index in [9.17, 15) is 9.90 Å². The van der Waals surface area contributed by atoms with Gasteiger partial charge in [0.15, 0.2) is 0 Å². The van der Waals surface area contributed by atoms with Crippen LogP contribution in [0.25, 0.3) is 0 Å². The third-order valence-corrected chi connectivity index (χ3v) is 5.15. The fourth-order valence-electron chi connectivity index (χ4n) is 3.61. The average Bonchev–Trinajstić information content (AvgIpc) is 2.64. The van der Waals surface area contributed by atoms with Crippen LogP contribution in [0.4, 0.5) is 0 Å². The third kappa shape index (κ3) is 4.37. The molecule has 26 heavy (non-hydrogen) atoms. The van der Waals surface area contributed by atoms with Crippen molar-refractivity contribution in [3.8, 4) is 5.75 Å². The van der Waals surface area contributed by atoms with Gasteiger partial charge in [0.2, 0.25) is 0 Å². The number of carbonyl (C=O) groups is 1. The Morgan fingerprint density at radius 1 is 1.19 bits per heavy atom. The fourth-order valence-corrected chi connectivity index (χ4v) is 3.81. The van der Waals surface area contributed by atoms with Crippen molar-refractivity contribution in [1.29, 1.82) is 0 Å². The van der Waals surface area contributed by atoms with Crippen molar-refractivity contribution < 1.29 is 14.6 Å². The summed E-state index contributed by atoms with van der Waals surface area (Å²) in [6.45, 7) is 4.11. The van der Waals surface area contributed by atoms with Crippen LogP contribution in [0.2, 0.25) is 5.02 Å². The zero-order valence-corrected chi connectivity index (χ0v) is 15.7. The lowest BCUT2D eigenvalue weighted by atomic mass is 9.91. The van der Waals surface area contributed by atoms with Crippen LogP contribution in [-0.4, -0.2) is 35.7 Å². The molecule has 1 fully saturated rings. The first kappa shape index (κ1) is 18.7. The molecular weight excluding hydrogens is 350 g/mol. The van der Waals surface area contributed by atoms with E-state index in [-0.39, 0.29) is 12.0 Å². The predicted octanol–water partition coefficient (Wildman–Crippen LogP) is 4.62. The smallest absolute Gasteiger partial charge is 0.306 e. The second-order valence-corrected chi connectivity index (χ2v) is 7.04. The molecule has 1 saturated heterocycles. The highest BCUT2D eigenvalue weighted by molar-refractivity contribution is 6.30. The maximum absolute atomic E-state index is 11.3. The van der Waals surface area contributed by atoms with Gasteiger partial charge in [0, 0.05) is 5.02 Å². The molecule has 0 spiro atoms. The maximum atomic E-state index is 11.3. The quantitative estimate of drug-likeness (QED) is 0.802. The number of nitrogens with zero attached hydrogens (tertiary/aromatic N) is 1. The number of aliphatic carboxylic acids is 1. The summed E-state index contributed by atoms with van der Waals surface area (Å²) in [6, 6.07) is 16.1. The summed E-state index contributed by atoms with van der Waals surface area (Å²) in [5.74, 6) is -0.0812. The zero-order chi connectivity index (χ0) is 18.5. The van der Waals surface area contributed by atoms with Crippen molar-refractivity contribution in [3.63, 3.8) is 0 Å². The SMILES string of the molecule is CCOc1ccc(C(c2cccc(Cl)c2)N2CCC(C(=O)O)CC2)cc1. The topological polar surface area (TPSA) is 49.8 Å². The molecule has 1 aliphatic rings. The Balaban J connectivity index is 1.88. The van der Waals surface area contributed by atoms with Crippen molar-refractivity contribution in [2.75, 3.05) is 19.7 Å². The van der Waals surface area contributed by atoms with Gasteiger partial charge in [-0.05, 0) is 68.2 Å². The first-order chi connectivity index (χ1) is 12.6. The number of halogens is 1. The fraction of sp³-hybridized carbons (Fsp3) is 0.381. The number of likely N-dealkylation sites (tertiary alicyclic amines) is 1. The second-order valence-electron chi connectivity index (χ2n) is 6.61. The Hall–Kier alpha value is -2.04. The molecule has 2 aromatic rings. The summed E-state index contributed by atoms with van der Waals surface area (Å²) in [7, 11) is 0. The van der Waals surface area contributed by atoms with E-state index < -0.39 is 5.97 Å². The summed E-state index contributed by atoms with van der Waals surface area (Å²) in [4.78, 5) is 13.6.